The molecule has 4 nitrogen and oxygen atoms in total. The Hall–Kier alpha value is -0.580. The highest BCUT2D eigenvalue weighted by atomic mass is 35.5. The molecule has 0 aliphatic heterocycles. The summed E-state index contributed by atoms with van der Waals surface area (Å²) >= 11 is 6.45. The molecule has 0 aliphatic carbocycles. The molecule has 5 heteroatoms. The van der Waals surface area contributed by atoms with Gasteiger partial charge in [-0.05, 0) is 26.2 Å². The Kier molecular flexibility index (Phi) is 6.49. The summed E-state index contributed by atoms with van der Waals surface area (Å²) in [4.78, 5) is 0. The summed E-state index contributed by atoms with van der Waals surface area (Å²) in [5.41, 5.74) is 8.12. The molecule has 1 atom stereocenters. The van der Waals surface area contributed by atoms with Crippen LogP contribution in [0.3, 0.4) is 0 Å². The van der Waals surface area contributed by atoms with Crippen molar-refractivity contribution in [3.63, 3.8) is 0 Å². The standard InChI is InChI=1S/C15H28ClN3O/c1-6-11-14(16)12(19(9-4)18-11)10-13(17)15(7-2,8-3)20-5/h13H,6-10,17H2,1-5H3. The van der Waals surface area contributed by atoms with Crippen molar-refractivity contribution in [2.24, 2.45) is 5.73 Å². The number of rotatable bonds is 8. The van der Waals surface area contributed by atoms with Crippen LogP contribution in [0.5, 0.6) is 0 Å². The second kappa shape index (κ2) is 7.43. The molecule has 0 fully saturated rings. The van der Waals surface area contributed by atoms with E-state index < -0.39 is 0 Å². The molecule has 0 saturated carbocycles. The average Bonchev–Trinajstić information content (AvgIpc) is 2.78. The molecule has 0 aliphatic rings. The normalized spacial score (nSPS) is 13.8. The molecule has 1 rings (SSSR count). The number of aromatic nitrogens is 2. The van der Waals surface area contributed by atoms with E-state index in [0.29, 0.717) is 6.42 Å². The molecule has 1 aromatic rings. The van der Waals surface area contributed by atoms with E-state index in [-0.39, 0.29) is 11.6 Å². The molecule has 0 amide bonds. The van der Waals surface area contributed by atoms with E-state index in [1.165, 1.54) is 0 Å². The summed E-state index contributed by atoms with van der Waals surface area (Å²) in [5.74, 6) is 0. The lowest BCUT2D eigenvalue weighted by Gasteiger charge is -2.36. The highest BCUT2D eigenvalue weighted by molar-refractivity contribution is 6.31. The van der Waals surface area contributed by atoms with Crippen molar-refractivity contribution in [1.29, 1.82) is 0 Å². The van der Waals surface area contributed by atoms with Gasteiger partial charge in [-0.25, -0.2) is 0 Å². The lowest BCUT2D eigenvalue weighted by molar-refractivity contribution is -0.0378. The zero-order valence-corrected chi connectivity index (χ0v) is 14.1. The first-order chi connectivity index (χ1) is 9.49. The number of methoxy groups -OCH3 is 1. The lowest BCUT2D eigenvalue weighted by atomic mass is 9.86. The Balaban J connectivity index is 3.06. The highest BCUT2D eigenvalue weighted by Crippen LogP contribution is 2.29. The van der Waals surface area contributed by atoms with Gasteiger partial charge in [-0.2, -0.15) is 5.10 Å². The monoisotopic (exact) mass is 301 g/mol. The fourth-order valence-corrected chi connectivity index (χ4v) is 3.17. The van der Waals surface area contributed by atoms with Gasteiger partial charge in [0, 0.05) is 26.1 Å². The van der Waals surface area contributed by atoms with Crippen molar-refractivity contribution < 1.29 is 4.74 Å². The molecule has 0 saturated heterocycles. The first kappa shape index (κ1) is 17.5. The summed E-state index contributed by atoms with van der Waals surface area (Å²) in [6.45, 7) is 9.17. The molecule has 0 radical (unpaired) electrons. The number of aryl methyl sites for hydroxylation is 2. The van der Waals surface area contributed by atoms with E-state index in [4.69, 9.17) is 22.1 Å². The van der Waals surface area contributed by atoms with E-state index in [1.807, 2.05) is 4.68 Å². The fraction of sp³-hybridized carbons (Fsp3) is 0.800. The van der Waals surface area contributed by atoms with Gasteiger partial charge in [0.05, 0.1) is 22.0 Å². The third kappa shape index (κ3) is 3.18. The van der Waals surface area contributed by atoms with Crippen LogP contribution >= 0.6 is 11.6 Å². The van der Waals surface area contributed by atoms with E-state index in [2.05, 4.69) is 32.8 Å². The Bertz CT molecular complexity index is 419. The Labute approximate surface area is 127 Å². The maximum Gasteiger partial charge on any atom is 0.0850 e. The summed E-state index contributed by atoms with van der Waals surface area (Å²) in [5, 5.41) is 5.31. The number of hydrogen-bond acceptors (Lipinski definition) is 3. The molecule has 0 aromatic carbocycles. The van der Waals surface area contributed by atoms with Crippen molar-refractivity contribution in [2.45, 2.75) is 71.6 Å². The molecule has 1 heterocycles. The van der Waals surface area contributed by atoms with Crippen LogP contribution in [0.15, 0.2) is 0 Å². The largest absolute Gasteiger partial charge is 0.377 e. The van der Waals surface area contributed by atoms with Gasteiger partial charge < -0.3 is 10.5 Å². The zero-order chi connectivity index (χ0) is 15.3. The van der Waals surface area contributed by atoms with E-state index in [9.17, 15) is 0 Å². The van der Waals surface area contributed by atoms with Crippen LogP contribution in [0.4, 0.5) is 0 Å². The lowest BCUT2D eigenvalue weighted by Crippen LogP contribution is -2.50. The first-order valence-corrected chi connectivity index (χ1v) is 7.92. The van der Waals surface area contributed by atoms with Crippen molar-refractivity contribution >= 4 is 11.6 Å². The van der Waals surface area contributed by atoms with Gasteiger partial charge in [0.15, 0.2) is 0 Å². The van der Waals surface area contributed by atoms with Crippen LogP contribution in [0, 0.1) is 0 Å². The highest BCUT2D eigenvalue weighted by Gasteiger charge is 2.34. The van der Waals surface area contributed by atoms with Gasteiger partial charge in [0.25, 0.3) is 0 Å². The molecular formula is C15H28ClN3O. The third-order valence-corrected chi connectivity index (χ3v) is 4.82. The van der Waals surface area contributed by atoms with Crippen LogP contribution in [0.1, 0.15) is 51.9 Å². The van der Waals surface area contributed by atoms with Crippen LogP contribution < -0.4 is 5.73 Å². The van der Waals surface area contributed by atoms with Crippen LogP contribution in [-0.2, 0) is 24.1 Å². The molecule has 20 heavy (non-hydrogen) atoms. The second-order valence-electron chi connectivity index (χ2n) is 5.16. The number of ether oxygens (including phenoxy) is 1. The molecule has 2 N–H and O–H groups in total. The maximum absolute atomic E-state index is 6.45. The SMILES string of the molecule is CCc1nn(CC)c(CC(N)C(CC)(CC)OC)c1Cl. The minimum absolute atomic E-state index is 0.0910. The third-order valence-electron chi connectivity index (χ3n) is 4.39. The Morgan fingerprint density at radius 2 is 1.90 bits per heavy atom. The zero-order valence-electron chi connectivity index (χ0n) is 13.4. The van der Waals surface area contributed by atoms with E-state index in [1.54, 1.807) is 7.11 Å². The van der Waals surface area contributed by atoms with Gasteiger partial charge in [0.1, 0.15) is 0 Å². The molecule has 1 aromatic heterocycles. The van der Waals surface area contributed by atoms with Gasteiger partial charge in [-0.15, -0.1) is 0 Å². The first-order valence-electron chi connectivity index (χ1n) is 7.54. The summed E-state index contributed by atoms with van der Waals surface area (Å²) in [6.07, 6.45) is 3.31. The van der Waals surface area contributed by atoms with Crippen molar-refractivity contribution in [2.75, 3.05) is 7.11 Å². The minimum Gasteiger partial charge on any atom is -0.377 e. The van der Waals surface area contributed by atoms with Crippen molar-refractivity contribution in [3.8, 4) is 0 Å². The van der Waals surface area contributed by atoms with Crippen molar-refractivity contribution in [1.82, 2.24) is 9.78 Å². The maximum atomic E-state index is 6.45. The Morgan fingerprint density at radius 3 is 2.30 bits per heavy atom. The van der Waals surface area contributed by atoms with E-state index in [0.717, 1.165) is 42.2 Å². The van der Waals surface area contributed by atoms with Gasteiger partial charge >= 0.3 is 0 Å². The van der Waals surface area contributed by atoms with E-state index >= 15 is 0 Å². The van der Waals surface area contributed by atoms with Crippen LogP contribution in [0.2, 0.25) is 5.02 Å². The summed E-state index contributed by atoms with van der Waals surface area (Å²) < 4.78 is 7.68. The van der Waals surface area contributed by atoms with Gasteiger partial charge in [-0.3, -0.25) is 4.68 Å². The van der Waals surface area contributed by atoms with Crippen LogP contribution in [-0.4, -0.2) is 28.5 Å². The molecule has 116 valence electrons. The summed E-state index contributed by atoms with van der Waals surface area (Å²) in [7, 11) is 1.74. The number of nitrogens with zero attached hydrogens (tertiary/aromatic N) is 2. The topological polar surface area (TPSA) is 53.1 Å². The average molecular weight is 302 g/mol. The number of hydrogen-bond donors (Lipinski definition) is 1. The minimum atomic E-state index is -0.293. The molecule has 0 spiro atoms. The van der Waals surface area contributed by atoms with Crippen LogP contribution in [0.25, 0.3) is 0 Å². The quantitative estimate of drug-likeness (QED) is 0.802. The van der Waals surface area contributed by atoms with Gasteiger partial charge in [0.2, 0.25) is 0 Å². The number of halogens is 1. The molecule has 1 unspecified atom stereocenters. The predicted octanol–water partition coefficient (Wildman–Crippen LogP) is 3.19. The summed E-state index contributed by atoms with van der Waals surface area (Å²) in [6, 6.07) is -0.0910. The smallest absolute Gasteiger partial charge is 0.0850 e. The predicted molar refractivity (Wildman–Crippen MR) is 84.3 cm³/mol. The Morgan fingerprint density at radius 1 is 1.30 bits per heavy atom. The number of nitrogens with two attached hydrogens (primary N) is 1. The molecule has 0 bridgehead atoms. The fourth-order valence-electron chi connectivity index (χ4n) is 2.82. The van der Waals surface area contributed by atoms with Gasteiger partial charge in [-0.1, -0.05) is 32.4 Å². The van der Waals surface area contributed by atoms with Crippen molar-refractivity contribution in [3.05, 3.63) is 16.4 Å². The second-order valence-corrected chi connectivity index (χ2v) is 5.54. The molecular weight excluding hydrogens is 274 g/mol.